The van der Waals surface area contributed by atoms with E-state index in [2.05, 4.69) is 33.0 Å². The summed E-state index contributed by atoms with van der Waals surface area (Å²) in [7, 11) is 0. The highest BCUT2D eigenvalue weighted by Gasteiger charge is 2.23. The van der Waals surface area contributed by atoms with Crippen LogP contribution < -0.4 is 5.32 Å². The Morgan fingerprint density at radius 2 is 1.89 bits per heavy atom. The van der Waals surface area contributed by atoms with Gasteiger partial charge in [0.2, 0.25) is 0 Å². The third-order valence-electron chi connectivity index (χ3n) is 2.62. The molecule has 0 aliphatic carbocycles. The topological polar surface area (TPSA) is 35.5 Å². The third-order valence-corrected chi connectivity index (χ3v) is 2.62. The van der Waals surface area contributed by atoms with E-state index < -0.39 is 6.43 Å². The van der Waals surface area contributed by atoms with Crippen molar-refractivity contribution in [2.75, 3.05) is 39.3 Å². The van der Waals surface area contributed by atoms with E-state index >= 15 is 0 Å². The van der Waals surface area contributed by atoms with Crippen molar-refractivity contribution in [2.24, 2.45) is 11.3 Å². The van der Waals surface area contributed by atoms with Crippen LogP contribution in [-0.4, -0.2) is 55.8 Å². The Kier molecular flexibility index (Phi) is 8.65. The second-order valence-corrected chi connectivity index (χ2v) is 6.04. The molecule has 0 aliphatic rings. The van der Waals surface area contributed by atoms with Crippen LogP contribution in [0.2, 0.25) is 0 Å². The Morgan fingerprint density at radius 3 is 2.33 bits per heavy atom. The highest BCUT2D eigenvalue weighted by Crippen LogP contribution is 2.16. The molecular weight excluding hydrogens is 238 g/mol. The minimum Gasteiger partial charge on any atom is -0.395 e. The molecule has 5 heteroatoms. The monoisotopic (exact) mass is 266 g/mol. The predicted molar refractivity (Wildman–Crippen MR) is 71.0 cm³/mol. The zero-order valence-electron chi connectivity index (χ0n) is 12.0. The first-order valence-corrected chi connectivity index (χ1v) is 6.59. The van der Waals surface area contributed by atoms with Crippen molar-refractivity contribution in [2.45, 2.75) is 34.1 Å². The maximum atomic E-state index is 12.4. The first-order chi connectivity index (χ1) is 8.26. The number of nitrogens with zero attached hydrogens (tertiary/aromatic N) is 1. The summed E-state index contributed by atoms with van der Waals surface area (Å²) >= 11 is 0. The van der Waals surface area contributed by atoms with E-state index in [4.69, 9.17) is 5.11 Å². The van der Waals surface area contributed by atoms with Gasteiger partial charge in [-0.3, -0.25) is 4.90 Å². The molecule has 0 radical (unpaired) electrons. The molecule has 0 saturated carbocycles. The SMILES string of the molecule is CC(C)CNCC(C)(C)CN(CCO)CC(F)F. The van der Waals surface area contributed by atoms with Crippen LogP contribution in [0.5, 0.6) is 0 Å². The molecule has 0 atom stereocenters. The molecule has 110 valence electrons. The van der Waals surface area contributed by atoms with Gasteiger partial charge in [0.25, 0.3) is 6.43 Å². The minimum absolute atomic E-state index is 0.0811. The maximum Gasteiger partial charge on any atom is 0.251 e. The number of alkyl halides is 2. The second kappa shape index (κ2) is 8.77. The molecule has 3 nitrogen and oxygen atoms in total. The lowest BCUT2D eigenvalue weighted by Crippen LogP contribution is -2.43. The minimum atomic E-state index is -2.35. The number of aliphatic hydroxyl groups excluding tert-OH is 1. The molecule has 0 saturated heterocycles. The Bertz CT molecular complexity index is 211. The van der Waals surface area contributed by atoms with Gasteiger partial charge in [-0.25, -0.2) is 8.78 Å². The van der Waals surface area contributed by atoms with Gasteiger partial charge in [-0.15, -0.1) is 0 Å². The van der Waals surface area contributed by atoms with E-state index in [9.17, 15) is 8.78 Å². The number of hydrogen-bond acceptors (Lipinski definition) is 3. The van der Waals surface area contributed by atoms with Crippen LogP contribution in [-0.2, 0) is 0 Å². The number of halogens is 2. The van der Waals surface area contributed by atoms with Crippen LogP contribution in [0.15, 0.2) is 0 Å². The van der Waals surface area contributed by atoms with Gasteiger partial charge in [0.1, 0.15) is 0 Å². The molecular formula is C13H28F2N2O. The molecule has 0 heterocycles. The molecule has 0 amide bonds. The highest BCUT2D eigenvalue weighted by atomic mass is 19.3. The molecule has 0 unspecified atom stereocenters. The standard InChI is InChI=1S/C13H28F2N2O/c1-11(2)7-16-9-13(3,4)10-17(5-6-18)8-12(14)15/h11-12,16,18H,5-10H2,1-4H3. The highest BCUT2D eigenvalue weighted by molar-refractivity contribution is 4.77. The van der Waals surface area contributed by atoms with E-state index in [1.54, 1.807) is 4.90 Å². The fourth-order valence-corrected chi connectivity index (χ4v) is 1.93. The van der Waals surface area contributed by atoms with Gasteiger partial charge in [-0.1, -0.05) is 27.7 Å². The van der Waals surface area contributed by atoms with E-state index in [1.165, 1.54) is 0 Å². The van der Waals surface area contributed by atoms with E-state index in [1.807, 2.05) is 0 Å². The van der Waals surface area contributed by atoms with Crippen LogP contribution in [0.3, 0.4) is 0 Å². The summed E-state index contributed by atoms with van der Waals surface area (Å²) in [6.45, 7) is 10.6. The first-order valence-electron chi connectivity index (χ1n) is 6.59. The molecule has 0 bridgehead atoms. The van der Waals surface area contributed by atoms with Gasteiger partial charge >= 0.3 is 0 Å². The largest absolute Gasteiger partial charge is 0.395 e. The molecule has 0 spiro atoms. The number of rotatable bonds is 10. The Labute approximate surface area is 110 Å². The quantitative estimate of drug-likeness (QED) is 0.633. The average molecular weight is 266 g/mol. The zero-order chi connectivity index (χ0) is 14.2. The molecule has 0 aliphatic heterocycles. The maximum absolute atomic E-state index is 12.4. The lowest BCUT2D eigenvalue weighted by molar-refractivity contribution is 0.0578. The smallest absolute Gasteiger partial charge is 0.251 e. The Hall–Kier alpha value is -0.260. The number of hydrogen-bond donors (Lipinski definition) is 2. The van der Waals surface area contributed by atoms with E-state index in [0.29, 0.717) is 19.0 Å². The Morgan fingerprint density at radius 1 is 1.28 bits per heavy atom. The van der Waals surface area contributed by atoms with Crippen molar-refractivity contribution in [1.82, 2.24) is 10.2 Å². The van der Waals surface area contributed by atoms with Crippen LogP contribution in [0.25, 0.3) is 0 Å². The van der Waals surface area contributed by atoms with Crippen LogP contribution in [0.4, 0.5) is 8.78 Å². The number of nitrogens with one attached hydrogen (secondary N) is 1. The van der Waals surface area contributed by atoms with Crippen LogP contribution in [0, 0.1) is 11.3 Å². The van der Waals surface area contributed by atoms with Crippen molar-refractivity contribution in [3.8, 4) is 0 Å². The summed E-state index contributed by atoms with van der Waals surface area (Å²) in [5, 5.41) is 12.2. The molecule has 18 heavy (non-hydrogen) atoms. The second-order valence-electron chi connectivity index (χ2n) is 6.04. The fourth-order valence-electron chi connectivity index (χ4n) is 1.93. The van der Waals surface area contributed by atoms with Gasteiger partial charge in [-0.05, 0) is 17.9 Å². The van der Waals surface area contributed by atoms with E-state index in [-0.39, 0.29) is 18.6 Å². The van der Waals surface area contributed by atoms with Crippen LogP contribution in [0.1, 0.15) is 27.7 Å². The zero-order valence-corrected chi connectivity index (χ0v) is 12.0. The summed E-state index contributed by atoms with van der Waals surface area (Å²) in [5.41, 5.74) is -0.0844. The molecule has 0 rings (SSSR count). The van der Waals surface area contributed by atoms with Crippen molar-refractivity contribution in [1.29, 1.82) is 0 Å². The van der Waals surface area contributed by atoms with Crippen LogP contribution >= 0.6 is 0 Å². The van der Waals surface area contributed by atoms with E-state index in [0.717, 1.165) is 13.1 Å². The van der Waals surface area contributed by atoms with Gasteiger partial charge in [0.05, 0.1) is 13.2 Å². The van der Waals surface area contributed by atoms with Gasteiger partial charge in [0, 0.05) is 19.6 Å². The van der Waals surface area contributed by atoms with Crippen molar-refractivity contribution >= 4 is 0 Å². The van der Waals surface area contributed by atoms with Crippen molar-refractivity contribution in [3.05, 3.63) is 0 Å². The summed E-state index contributed by atoms with van der Waals surface area (Å²) in [6.07, 6.45) is -2.35. The predicted octanol–water partition coefficient (Wildman–Crippen LogP) is 1.82. The summed E-state index contributed by atoms with van der Waals surface area (Å²) in [4.78, 5) is 1.63. The normalized spacial score (nSPS) is 13.0. The molecule has 2 N–H and O–H groups in total. The summed E-state index contributed by atoms with van der Waals surface area (Å²) < 4.78 is 24.8. The summed E-state index contributed by atoms with van der Waals surface area (Å²) in [5.74, 6) is 0.579. The molecule has 0 aromatic heterocycles. The van der Waals surface area contributed by atoms with Crippen molar-refractivity contribution in [3.63, 3.8) is 0 Å². The lowest BCUT2D eigenvalue weighted by Gasteiger charge is -2.32. The molecule has 0 aromatic carbocycles. The molecule has 0 aromatic rings. The third kappa shape index (κ3) is 9.74. The average Bonchev–Trinajstić information content (AvgIpc) is 2.14. The Balaban J connectivity index is 4.13. The van der Waals surface area contributed by atoms with Gasteiger partial charge in [-0.2, -0.15) is 0 Å². The number of aliphatic hydroxyl groups is 1. The lowest BCUT2D eigenvalue weighted by atomic mass is 9.92. The molecule has 0 fully saturated rings. The van der Waals surface area contributed by atoms with Gasteiger partial charge in [0.15, 0.2) is 0 Å². The fraction of sp³-hybridized carbons (Fsp3) is 1.00. The van der Waals surface area contributed by atoms with Crippen molar-refractivity contribution < 1.29 is 13.9 Å². The van der Waals surface area contributed by atoms with Gasteiger partial charge < -0.3 is 10.4 Å². The summed E-state index contributed by atoms with van der Waals surface area (Å²) in [6, 6.07) is 0. The first kappa shape index (κ1) is 17.7.